The van der Waals surface area contributed by atoms with Crippen molar-refractivity contribution in [1.29, 1.82) is 0 Å². The summed E-state index contributed by atoms with van der Waals surface area (Å²) in [4.78, 5) is 12.8. The molecule has 1 N–H and O–H groups in total. The number of halogens is 1. The molecule has 3 rings (SSSR count). The fourth-order valence-electron chi connectivity index (χ4n) is 3.32. The lowest BCUT2D eigenvalue weighted by atomic mass is 10.0. The zero-order valence-corrected chi connectivity index (χ0v) is 16.4. The Morgan fingerprint density at radius 1 is 1.26 bits per heavy atom. The maximum atomic E-state index is 13.4. The molecule has 0 saturated heterocycles. The summed E-state index contributed by atoms with van der Waals surface area (Å²) in [7, 11) is -3.52. The number of aryl methyl sites for hydroxylation is 1. The van der Waals surface area contributed by atoms with Gasteiger partial charge in [0.05, 0.1) is 17.4 Å². The van der Waals surface area contributed by atoms with E-state index in [9.17, 15) is 17.6 Å². The Kier molecular flexibility index (Phi) is 5.24. The van der Waals surface area contributed by atoms with Gasteiger partial charge in [0.1, 0.15) is 5.82 Å². The highest BCUT2D eigenvalue weighted by Gasteiger charge is 2.39. The van der Waals surface area contributed by atoms with Gasteiger partial charge in [0.15, 0.2) is 0 Å². The molecule has 7 heteroatoms. The van der Waals surface area contributed by atoms with Crippen LogP contribution in [-0.2, 0) is 14.8 Å². The number of hydrogen-bond acceptors (Lipinski definition) is 3. The van der Waals surface area contributed by atoms with Gasteiger partial charge in [-0.15, -0.1) is 0 Å². The Labute approximate surface area is 159 Å². The van der Waals surface area contributed by atoms with Gasteiger partial charge in [-0.1, -0.05) is 32.0 Å². The van der Waals surface area contributed by atoms with Crippen LogP contribution in [0.4, 0.5) is 15.8 Å². The van der Waals surface area contributed by atoms with E-state index in [1.165, 1.54) is 16.4 Å². The first-order valence-corrected chi connectivity index (χ1v) is 10.5. The maximum Gasteiger partial charge on any atom is 0.235 e. The van der Waals surface area contributed by atoms with Gasteiger partial charge in [-0.2, -0.15) is 0 Å². The molecule has 0 fully saturated rings. The molecule has 144 valence electrons. The lowest BCUT2D eigenvalue weighted by molar-refractivity contribution is -0.117. The zero-order chi connectivity index (χ0) is 19.8. The first-order chi connectivity index (χ1) is 12.7. The number of fused-ring (bicyclic) bond motifs is 1. The van der Waals surface area contributed by atoms with Crippen LogP contribution in [0.1, 0.15) is 30.9 Å². The Hall–Kier alpha value is -2.41. The molecule has 0 saturated carbocycles. The van der Waals surface area contributed by atoms with E-state index in [2.05, 4.69) is 5.32 Å². The van der Waals surface area contributed by atoms with E-state index in [-0.39, 0.29) is 29.9 Å². The topological polar surface area (TPSA) is 66.5 Å². The number of nitrogens with one attached hydrogen (secondary N) is 1. The molecule has 5 nitrogen and oxygen atoms in total. The Morgan fingerprint density at radius 3 is 2.63 bits per heavy atom. The van der Waals surface area contributed by atoms with Crippen LogP contribution in [0.25, 0.3) is 0 Å². The molecular formula is C20H23FN2O3S. The fraction of sp³-hybridized carbons (Fsp3) is 0.350. The lowest BCUT2D eigenvalue weighted by Gasteiger charge is -2.21. The first kappa shape index (κ1) is 19.4. The highest BCUT2D eigenvalue weighted by Crippen LogP contribution is 2.39. The predicted octanol–water partition coefficient (Wildman–Crippen LogP) is 3.66. The third-order valence-electron chi connectivity index (χ3n) is 4.55. The number of amides is 1. The summed E-state index contributed by atoms with van der Waals surface area (Å²) in [6.07, 6.45) is 0. The van der Waals surface area contributed by atoms with E-state index in [1.807, 2.05) is 13.8 Å². The monoisotopic (exact) mass is 390 g/mol. The zero-order valence-electron chi connectivity index (χ0n) is 15.6. The van der Waals surface area contributed by atoms with Crippen LogP contribution in [0.2, 0.25) is 0 Å². The number of para-hydroxylation sites is 1. The molecular weight excluding hydrogens is 367 g/mol. The molecule has 1 aliphatic rings. The summed E-state index contributed by atoms with van der Waals surface area (Å²) < 4.78 is 40.3. The summed E-state index contributed by atoms with van der Waals surface area (Å²) in [5.41, 5.74) is 2.15. The molecule has 0 radical (unpaired) electrons. The molecule has 1 unspecified atom stereocenters. The van der Waals surface area contributed by atoms with Gasteiger partial charge in [0, 0.05) is 12.2 Å². The number of anilines is 2. The summed E-state index contributed by atoms with van der Waals surface area (Å²) in [5, 5.41) is 2.78. The van der Waals surface area contributed by atoms with Gasteiger partial charge < -0.3 is 5.32 Å². The van der Waals surface area contributed by atoms with Crippen molar-refractivity contribution in [2.45, 2.75) is 26.7 Å². The molecule has 27 heavy (non-hydrogen) atoms. The number of rotatable bonds is 5. The van der Waals surface area contributed by atoms with Crippen LogP contribution >= 0.6 is 0 Å². The van der Waals surface area contributed by atoms with Crippen molar-refractivity contribution in [3.8, 4) is 0 Å². The van der Waals surface area contributed by atoms with Gasteiger partial charge in [0.2, 0.25) is 15.9 Å². The van der Waals surface area contributed by atoms with Crippen molar-refractivity contribution < 1.29 is 17.6 Å². The van der Waals surface area contributed by atoms with Crippen LogP contribution < -0.4 is 9.62 Å². The molecule has 0 bridgehead atoms. The Morgan fingerprint density at radius 2 is 1.96 bits per heavy atom. The van der Waals surface area contributed by atoms with Crippen LogP contribution in [0.3, 0.4) is 0 Å². The molecule has 0 spiro atoms. The van der Waals surface area contributed by atoms with Gasteiger partial charge >= 0.3 is 0 Å². The molecule has 1 aliphatic heterocycles. The minimum atomic E-state index is -3.52. The third kappa shape index (κ3) is 3.98. The second kappa shape index (κ2) is 7.31. The van der Waals surface area contributed by atoms with Crippen molar-refractivity contribution in [3.63, 3.8) is 0 Å². The lowest BCUT2D eigenvalue weighted by Crippen LogP contribution is -2.35. The quantitative estimate of drug-likeness (QED) is 0.847. The standard InChI is InChI=1S/C20H23FN2O3S/c1-13(2)12-27(25,26)23-11-17(16-6-4-5-7-19(16)23)20(24)22-15-8-9-18(21)14(3)10-15/h4-10,13,17H,11-12H2,1-3H3,(H,22,24). The van der Waals surface area contributed by atoms with Crippen molar-refractivity contribution in [2.75, 3.05) is 21.9 Å². The number of sulfonamides is 1. The molecule has 2 aromatic rings. The van der Waals surface area contributed by atoms with Crippen molar-refractivity contribution in [3.05, 3.63) is 59.4 Å². The Bertz CT molecular complexity index is 973. The van der Waals surface area contributed by atoms with Gasteiger partial charge in [-0.25, -0.2) is 12.8 Å². The Balaban J connectivity index is 1.88. The number of carbonyl (C=O) groups excluding carboxylic acids is 1. The van der Waals surface area contributed by atoms with Crippen LogP contribution in [-0.4, -0.2) is 26.6 Å². The van der Waals surface area contributed by atoms with Gasteiger partial charge in [-0.05, 0) is 48.2 Å². The minimum Gasteiger partial charge on any atom is -0.325 e. The highest BCUT2D eigenvalue weighted by molar-refractivity contribution is 7.92. The average molecular weight is 390 g/mol. The van der Waals surface area contributed by atoms with Crippen molar-refractivity contribution in [1.82, 2.24) is 0 Å². The highest BCUT2D eigenvalue weighted by atomic mass is 32.2. The largest absolute Gasteiger partial charge is 0.325 e. The second-order valence-electron chi connectivity index (χ2n) is 7.27. The number of benzene rings is 2. The third-order valence-corrected chi connectivity index (χ3v) is 6.66. The first-order valence-electron chi connectivity index (χ1n) is 8.85. The minimum absolute atomic E-state index is 0.0165. The summed E-state index contributed by atoms with van der Waals surface area (Å²) in [6.45, 7) is 5.39. The smallest absolute Gasteiger partial charge is 0.235 e. The summed E-state index contributed by atoms with van der Waals surface area (Å²) in [6, 6.07) is 11.4. The van der Waals surface area contributed by atoms with Gasteiger partial charge in [-0.3, -0.25) is 9.10 Å². The van der Waals surface area contributed by atoms with E-state index < -0.39 is 15.9 Å². The number of hydrogen-bond donors (Lipinski definition) is 1. The number of carbonyl (C=O) groups is 1. The van der Waals surface area contributed by atoms with E-state index >= 15 is 0 Å². The summed E-state index contributed by atoms with van der Waals surface area (Å²) >= 11 is 0. The maximum absolute atomic E-state index is 13.4. The van der Waals surface area contributed by atoms with Crippen molar-refractivity contribution >= 4 is 27.3 Å². The van der Waals surface area contributed by atoms with E-state index in [4.69, 9.17) is 0 Å². The number of nitrogens with zero attached hydrogens (tertiary/aromatic N) is 1. The second-order valence-corrected chi connectivity index (χ2v) is 9.21. The normalized spacial score (nSPS) is 16.5. The van der Waals surface area contributed by atoms with E-state index in [0.29, 0.717) is 22.5 Å². The van der Waals surface area contributed by atoms with Crippen molar-refractivity contribution in [2.24, 2.45) is 5.92 Å². The van der Waals surface area contributed by atoms with Crippen LogP contribution in [0.15, 0.2) is 42.5 Å². The van der Waals surface area contributed by atoms with E-state index in [0.717, 1.165) is 0 Å². The average Bonchev–Trinajstić information content (AvgIpc) is 2.98. The SMILES string of the molecule is Cc1cc(NC(=O)C2CN(S(=O)(=O)CC(C)C)c3ccccc32)ccc1F. The van der Waals surface area contributed by atoms with Crippen LogP contribution in [0, 0.1) is 18.7 Å². The molecule has 1 atom stereocenters. The molecule has 1 amide bonds. The molecule has 0 aromatic heterocycles. The molecule has 1 heterocycles. The fourth-order valence-corrected chi connectivity index (χ4v) is 5.19. The molecule has 2 aromatic carbocycles. The van der Waals surface area contributed by atoms with Gasteiger partial charge in [0.25, 0.3) is 0 Å². The summed E-state index contributed by atoms with van der Waals surface area (Å²) in [5.74, 6) is -1.26. The van der Waals surface area contributed by atoms with Crippen LogP contribution in [0.5, 0.6) is 0 Å². The molecule has 0 aliphatic carbocycles. The van der Waals surface area contributed by atoms with E-state index in [1.54, 1.807) is 37.3 Å². The predicted molar refractivity (Wildman–Crippen MR) is 105 cm³/mol.